The van der Waals surface area contributed by atoms with Gasteiger partial charge in [-0.15, -0.1) is 0 Å². The van der Waals surface area contributed by atoms with Gasteiger partial charge in [-0.05, 0) is 37.8 Å². The Hall–Kier alpha value is -0.870. The zero-order valence-electron chi connectivity index (χ0n) is 15.7. The van der Waals surface area contributed by atoms with Crippen LogP contribution < -0.4 is 4.72 Å². The Labute approximate surface area is 149 Å². The second-order valence-electron chi connectivity index (χ2n) is 6.87. The summed E-state index contributed by atoms with van der Waals surface area (Å²) in [6.07, 6.45) is 10.4. The minimum atomic E-state index is -3.16. The van der Waals surface area contributed by atoms with Gasteiger partial charge >= 0.3 is 0 Å². The van der Waals surface area contributed by atoms with Gasteiger partial charge in [0.05, 0.1) is 5.75 Å². The minimum Gasteiger partial charge on any atom is -0.215 e. The first-order valence-corrected chi connectivity index (χ1v) is 11.1. The maximum absolute atomic E-state index is 12.1. The van der Waals surface area contributed by atoms with Gasteiger partial charge in [0.25, 0.3) is 0 Å². The summed E-state index contributed by atoms with van der Waals surface area (Å²) in [5.41, 5.74) is 3.48. The highest BCUT2D eigenvalue weighted by molar-refractivity contribution is 7.89. The molecular weight excluding hydrogens is 318 g/mol. The highest BCUT2D eigenvalue weighted by Gasteiger charge is 2.10. The molecule has 0 aliphatic heterocycles. The van der Waals surface area contributed by atoms with Gasteiger partial charge in [0.15, 0.2) is 0 Å². The molecule has 0 spiro atoms. The van der Waals surface area contributed by atoms with E-state index in [0.29, 0.717) is 13.0 Å². The molecule has 138 valence electrons. The molecule has 0 atom stereocenters. The largest absolute Gasteiger partial charge is 0.215 e. The predicted molar refractivity (Wildman–Crippen MR) is 104 cm³/mol. The quantitative estimate of drug-likeness (QED) is 0.512. The van der Waals surface area contributed by atoms with Gasteiger partial charge in [0.2, 0.25) is 10.0 Å². The zero-order chi connectivity index (χ0) is 17.8. The fourth-order valence-electron chi connectivity index (χ4n) is 2.87. The molecule has 0 amide bonds. The molecule has 0 unspecified atom stereocenters. The molecular formula is C20H35NO2S. The monoisotopic (exact) mass is 353 g/mol. The molecule has 0 aliphatic carbocycles. The molecule has 0 aliphatic rings. The van der Waals surface area contributed by atoms with E-state index in [4.69, 9.17) is 0 Å². The highest BCUT2D eigenvalue weighted by Crippen LogP contribution is 2.12. The SMILES string of the molecule is CCCCCCCCCCNS(=O)(=O)CCc1cc(C)ccc1C. The molecule has 1 N–H and O–H groups in total. The number of rotatable bonds is 13. The van der Waals surface area contributed by atoms with Crippen molar-refractivity contribution >= 4 is 10.0 Å². The van der Waals surface area contributed by atoms with Gasteiger partial charge in [0.1, 0.15) is 0 Å². The van der Waals surface area contributed by atoms with Gasteiger partial charge in [-0.2, -0.15) is 0 Å². The molecule has 0 bridgehead atoms. The van der Waals surface area contributed by atoms with Crippen LogP contribution in [0, 0.1) is 13.8 Å². The smallest absolute Gasteiger partial charge is 0.211 e. The van der Waals surface area contributed by atoms with Crippen LogP contribution in [0.3, 0.4) is 0 Å². The van der Waals surface area contributed by atoms with Crippen LogP contribution in [0.2, 0.25) is 0 Å². The topological polar surface area (TPSA) is 46.2 Å². The average Bonchev–Trinajstić information content (AvgIpc) is 2.54. The second kappa shape index (κ2) is 11.6. The second-order valence-corrected chi connectivity index (χ2v) is 8.79. The van der Waals surface area contributed by atoms with Crippen LogP contribution in [0.1, 0.15) is 75.0 Å². The standard InChI is InChI=1S/C20H35NO2S/c1-4-5-6-7-8-9-10-11-15-21-24(22,23)16-14-20-17-18(2)12-13-19(20)3/h12-13,17,21H,4-11,14-16H2,1-3H3. The summed E-state index contributed by atoms with van der Waals surface area (Å²) in [5, 5.41) is 0. The first kappa shape index (κ1) is 21.2. The lowest BCUT2D eigenvalue weighted by atomic mass is 10.0. The van der Waals surface area contributed by atoms with Crippen LogP contribution in [0.4, 0.5) is 0 Å². The molecule has 1 aromatic carbocycles. The van der Waals surface area contributed by atoms with Crippen LogP contribution in [0.15, 0.2) is 18.2 Å². The van der Waals surface area contributed by atoms with Crippen molar-refractivity contribution in [3.63, 3.8) is 0 Å². The van der Waals surface area contributed by atoms with E-state index >= 15 is 0 Å². The number of hydrogen-bond acceptors (Lipinski definition) is 2. The Morgan fingerprint density at radius 1 is 0.917 bits per heavy atom. The summed E-state index contributed by atoms with van der Waals surface area (Å²) in [6, 6.07) is 6.21. The van der Waals surface area contributed by atoms with Crippen molar-refractivity contribution in [3.05, 3.63) is 34.9 Å². The number of aryl methyl sites for hydroxylation is 3. The van der Waals surface area contributed by atoms with Gasteiger partial charge in [-0.3, -0.25) is 0 Å². The lowest BCUT2D eigenvalue weighted by Crippen LogP contribution is -2.28. The number of nitrogens with one attached hydrogen (secondary N) is 1. The van der Waals surface area contributed by atoms with Crippen molar-refractivity contribution in [3.8, 4) is 0 Å². The summed E-state index contributed by atoms with van der Waals surface area (Å²) in [5.74, 6) is 0.175. The first-order chi connectivity index (χ1) is 11.4. The van der Waals surface area contributed by atoms with Crippen LogP contribution in [0.25, 0.3) is 0 Å². The van der Waals surface area contributed by atoms with Crippen molar-refractivity contribution in [1.29, 1.82) is 0 Å². The van der Waals surface area contributed by atoms with Gasteiger partial charge in [0, 0.05) is 6.54 Å². The normalized spacial score (nSPS) is 11.8. The number of benzene rings is 1. The summed E-state index contributed by atoms with van der Waals surface area (Å²) in [4.78, 5) is 0. The average molecular weight is 354 g/mol. The van der Waals surface area contributed by atoms with Crippen molar-refractivity contribution in [2.75, 3.05) is 12.3 Å². The van der Waals surface area contributed by atoms with E-state index in [0.717, 1.165) is 18.4 Å². The molecule has 0 saturated heterocycles. The highest BCUT2D eigenvalue weighted by atomic mass is 32.2. The summed E-state index contributed by atoms with van der Waals surface area (Å²) < 4.78 is 26.9. The fraction of sp³-hybridized carbons (Fsp3) is 0.700. The van der Waals surface area contributed by atoms with E-state index in [1.807, 2.05) is 13.8 Å². The molecule has 24 heavy (non-hydrogen) atoms. The van der Waals surface area contributed by atoms with E-state index in [-0.39, 0.29) is 5.75 Å². The lowest BCUT2D eigenvalue weighted by Gasteiger charge is -2.09. The van der Waals surface area contributed by atoms with E-state index in [1.165, 1.54) is 49.7 Å². The van der Waals surface area contributed by atoms with Gasteiger partial charge in [-0.25, -0.2) is 13.1 Å². The van der Waals surface area contributed by atoms with Crippen LogP contribution >= 0.6 is 0 Å². The van der Waals surface area contributed by atoms with Crippen LogP contribution in [-0.2, 0) is 16.4 Å². The van der Waals surface area contributed by atoms with E-state index in [9.17, 15) is 8.42 Å². The molecule has 0 aromatic heterocycles. The Morgan fingerprint density at radius 3 is 2.21 bits per heavy atom. The van der Waals surface area contributed by atoms with E-state index in [2.05, 4.69) is 29.8 Å². The molecule has 4 heteroatoms. The number of unbranched alkanes of at least 4 members (excludes halogenated alkanes) is 7. The van der Waals surface area contributed by atoms with Crippen molar-refractivity contribution in [1.82, 2.24) is 4.72 Å². The number of sulfonamides is 1. The van der Waals surface area contributed by atoms with E-state index in [1.54, 1.807) is 0 Å². The summed E-state index contributed by atoms with van der Waals surface area (Å²) >= 11 is 0. The lowest BCUT2D eigenvalue weighted by molar-refractivity contribution is 0.558. The summed E-state index contributed by atoms with van der Waals surface area (Å²) in [6.45, 7) is 6.88. The van der Waals surface area contributed by atoms with E-state index < -0.39 is 10.0 Å². The molecule has 1 aromatic rings. The van der Waals surface area contributed by atoms with Crippen molar-refractivity contribution in [2.24, 2.45) is 0 Å². The Morgan fingerprint density at radius 2 is 1.54 bits per heavy atom. The number of hydrogen-bond donors (Lipinski definition) is 1. The third-order valence-electron chi connectivity index (χ3n) is 4.50. The Balaban J connectivity index is 2.17. The molecule has 0 radical (unpaired) electrons. The third kappa shape index (κ3) is 9.43. The van der Waals surface area contributed by atoms with Gasteiger partial charge < -0.3 is 0 Å². The summed E-state index contributed by atoms with van der Waals surface area (Å²) in [7, 11) is -3.16. The van der Waals surface area contributed by atoms with Crippen molar-refractivity contribution in [2.45, 2.75) is 78.6 Å². The van der Waals surface area contributed by atoms with Gasteiger partial charge in [-0.1, -0.05) is 75.6 Å². The molecule has 0 saturated carbocycles. The predicted octanol–water partition coefficient (Wildman–Crippen LogP) is 4.91. The zero-order valence-corrected chi connectivity index (χ0v) is 16.6. The minimum absolute atomic E-state index is 0.175. The first-order valence-electron chi connectivity index (χ1n) is 9.48. The van der Waals surface area contributed by atoms with Crippen LogP contribution in [-0.4, -0.2) is 20.7 Å². The molecule has 1 rings (SSSR count). The maximum atomic E-state index is 12.1. The Bertz CT molecular complexity index is 567. The van der Waals surface area contributed by atoms with Crippen molar-refractivity contribution < 1.29 is 8.42 Å². The molecule has 0 heterocycles. The van der Waals surface area contributed by atoms with Crippen LogP contribution in [0.5, 0.6) is 0 Å². The third-order valence-corrected chi connectivity index (χ3v) is 5.88. The fourth-order valence-corrected chi connectivity index (χ4v) is 3.96. The molecule has 3 nitrogen and oxygen atoms in total. The Kier molecular flexibility index (Phi) is 10.3. The maximum Gasteiger partial charge on any atom is 0.211 e. The molecule has 0 fully saturated rings.